The molecule has 0 radical (unpaired) electrons. The molecule has 0 unspecified atom stereocenters. The SMILES string of the molecule is Clc1c(Br)ccc2c3nc4nc(nc5[nH]c(nc6nc(nc([nH]3)c12)-c1ccccc1-6)c1ccccc51)-c1ccccc1-4. The molecular weight excluding hydrogens is 612 g/mol. The number of aromatic amines is 2. The van der Waals surface area contributed by atoms with Crippen molar-refractivity contribution in [1.82, 2.24) is 39.9 Å². The summed E-state index contributed by atoms with van der Waals surface area (Å²) in [6.45, 7) is 0. The van der Waals surface area contributed by atoms with Gasteiger partial charge in [0.2, 0.25) is 0 Å². The van der Waals surface area contributed by atoms with Crippen molar-refractivity contribution < 1.29 is 0 Å². The monoisotopic (exact) mass is 626 g/mol. The first kappa shape index (κ1) is 23.7. The summed E-state index contributed by atoms with van der Waals surface area (Å²) in [5, 5.41) is 3.95. The summed E-state index contributed by atoms with van der Waals surface area (Å²) in [7, 11) is 0. The summed E-state index contributed by atoms with van der Waals surface area (Å²) in [6.07, 6.45) is 0. The number of rotatable bonds is 0. The Morgan fingerprint density at radius 3 is 1.36 bits per heavy atom. The number of nitrogens with one attached hydrogen (secondary N) is 2. The molecule has 0 amide bonds. The van der Waals surface area contributed by atoms with Crippen LogP contribution in [0.15, 0.2) is 89.4 Å². The Morgan fingerprint density at radius 2 is 0.857 bits per heavy atom. The number of hydrogen-bond acceptors (Lipinski definition) is 6. The number of halogens is 2. The van der Waals surface area contributed by atoms with Crippen LogP contribution in [0.2, 0.25) is 5.02 Å². The number of aromatic nitrogens is 8. The molecule has 8 nitrogen and oxygen atoms in total. The normalized spacial score (nSPS) is 12.0. The Balaban J connectivity index is 1.52. The van der Waals surface area contributed by atoms with Crippen LogP contribution in [0.5, 0.6) is 0 Å². The molecule has 4 aromatic carbocycles. The third-order valence-corrected chi connectivity index (χ3v) is 8.89. The number of benzene rings is 4. The van der Waals surface area contributed by atoms with Gasteiger partial charge in [0, 0.05) is 48.3 Å². The van der Waals surface area contributed by atoms with Gasteiger partial charge in [-0.3, -0.25) is 0 Å². The van der Waals surface area contributed by atoms with E-state index >= 15 is 0 Å². The van der Waals surface area contributed by atoms with E-state index in [0.29, 0.717) is 50.9 Å². The Bertz CT molecular complexity index is 2460. The van der Waals surface area contributed by atoms with Crippen LogP contribution >= 0.6 is 27.5 Å². The zero-order valence-corrected chi connectivity index (χ0v) is 23.9. The highest BCUT2D eigenvalue weighted by Gasteiger charge is 2.22. The first-order valence-electron chi connectivity index (χ1n) is 13.2. The minimum Gasteiger partial charge on any atom is -0.324 e. The summed E-state index contributed by atoms with van der Waals surface area (Å²) in [5.74, 6) is 2.20. The summed E-state index contributed by atoms with van der Waals surface area (Å²) in [5.41, 5.74) is 6.01. The highest BCUT2D eigenvalue weighted by atomic mass is 79.9. The largest absolute Gasteiger partial charge is 0.324 e. The molecule has 2 aliphatic rings. The van der Waals surface area contributed by atoms with Crippen LogP contribution < -0.4 is 0 Å². The third kappa shape index (κ3) is 3.41. The Labute approximate surface area is 250 Å². The van der Waals surface area contributed by atoms with Gasteiger partial charge < -0.3 is 9.97 Å². The standard InChI is InChI=1S/C32H16BrClN8/c33-22-14-13-21-23(24(22)34)32-41-30-20-12-6-5-11-19(20)28(39-30)37-26-16-8-2-1-7-15(16)25(35-26)36-27-17-9-3-4-10-18(17)29(38-27)40-31(21)42-32/h1-14H,(H2,35,36,37,38,39,40,41,42). The second-order valence-corrected chi connectivity index (χ2v) is 11.3. The van der Waals surface area contributed by atoms with Crippen molar-refractivity contribution in [2.45, 2.75) is 0 Å². The zero-order chi connectivity index (χ0) is 27.9. The maximum atomic E-state index is 6.85. The molecule has 2 aliphatic heterocycles. The van der Waals surface area contributed by atoms with Crippen LogP contribution in [0.4, 0.5) is 0 Å². The second kappa shape index (κ2) is 8.75. The molecule has 8 bridgehead atoms. The summed E-state index contributed by atoms with van der Waals surface area (Å²) in [6, 6.07) is 27.8. The predicted molar refractivity (Wildman–Crippen MR) is 169 cm³/mol. The third-order valence-electron chi connectivity index (χ3n) is 7.61. The van der Waals surface area contributed by atoms with Crippen molar-refractivity contribution in [1.29, 1.82) is 0 Å². The van der Waals surface area contributed by atoms with Crippen molar-refractivity contribution in [3.63, 3.8) is 0 Å². The van der Waals surface area contributed by atoms with Gasteiger partial charge in [0.05, 0.1) is 5.02 Å². The Kier molecular flexibility index (Phi) is 4.94. The fourth-order valence-corrected chi connectivity index (χ4v) is 6.25. The predicted octanol–water partition coefficient (Wildman–Crippen LogP) is 8.29. The van der Waals surface area contributed by atoms with E-state index < -0.39 is 0 Å². The molecule has 0 saturated heterocycles. The fourth-order valence-electron chi connectivity index (χ4n) is 5.67. The molecule has 0 fully saturated rings. The van der Waals surface area contributed by atoms with Crippen LogP contribution in [0, 0.1) is 0 Å². The number of fused-ring (bicyclic) bond motifs is 20. The lowest BCUT2D eigenvalue weighted by Gasteiger charge is -1.98. The lowest BCUT2D eigenvalue weighted by Crippen LogP contribution is -1.83. The van der Waals surface area contributed by atoms with E-state index in [1.54, 1.807) is 0 Å². The van der Waals surface area contributed by atoms with Gasteiger partial charge in [-0.2, -0.15) is 0 Å². The first-order chi connectivity index (χ1) is 20.6. The maximum absolute atomic E-state index is 6.85. The molecular formula is C32H16BrClN8. The minimum atomic E-state index is 0.530. The molecule has 0 spiro atoms. The summed E-state index contributed by atoms with van der Waals surface area (Å²) in [4.78, 5) is 36.7. The molecule has 2 N–H and O–H groups in total. The van der Waals surface area contributed by atoms with E-state index in [1.165, 1.54) is 0 Å². The molecule has 7 aromatic rings. The van der Waals surface area contributed by atoms with E-state index in [1.807, 2.05) is 84.9 Å². The van der Waals surface area contributed by atoms with Crippen LogP contribution in [0.1, 0.15) is 0 Å². The van der Waals surface area contributed by atoms with Crippen molar-refractivity contribution in [2.75, 3.05) is 0 Å². The van der Waals surface area contributed by atoms with Gasteiger partial charge in [-0.1, -0.05) is 84.4 Å². The summed E-state index contributed by atoms with van der Waals surface area (Å²) >= 11 is 10.4. The minimum absolute atomic E-state index is 0.530. The van der Waals surface area contributed by atoms with E-state index in [9.17, 15) is 0 Å². The fraction of sp³-hybridized carbons (Fsp3) is 0. The van der Waals surface area contributed by atoms with E-state index in [-0.39, 0.29) is 0 Å². The number of H-pyrrole nitrogens is 2. The van der Waals surface area contributed by atoms with E-state index in [0.717, 1.165) is 48.3 Å². The lowest BCUT2D eigenvalue weighted by molar-refractivity contribution is 1.19. The average molecular weight is 628 g/mol. The van der Waals surface area contributed by atoms with Gasteiger partial charge in [0.25, 0.3) is 0 Å². The quantitative estimate of drug-likeness (QED) is 0.175. The molecule has 9 rings (SSSR count). The van der Waals surface area contributed by atoms with E-state index in [2.05, 4.69) is 25.9 Å². The van der Waals surface area contributed by atoms with Crippen LogP contribution in [0.25, 0.3) is 89.7 Å². The maximum Gasteiger partial charge on any atom is 0.164 e. The van der Waals surface area contributed by atoms with Gasteiger partial charge in [-0.25, -0.2) is 29.9 Å². The van der Waals surface area contributed by atoms with Gasteiger partial charge in [0.1, 0.15) is 22.6 Å². The van der Waals surface area contributed by atoms with Crippen molar-refractivity contribution in [3.8, 4) is 45.6 Å². The zero-order valence-electron chi connectivity index (χ0n) is 21.5. The molecule has 10 heteroatoms. The molecule has 3 aromatic heterocycles. The molecule has 42 heavy (non-hydrogen) atoms. The molecule has 0 saturated carbocycles. The van der Waals surface area contributed by atoms with Crippen LogP contribution in [-0.2, 0) is 0 Å². The Morgan fingerprint density at radius 1 is 0.452 bits per heavy atom. The molecule has 0 atom stereocenters. The highest BCUT2D eigenvalue weighted by Crippen LogP contribution is 2.39. The topological polar surface area (TPSA) is 109 Å². The number of nitrogens with zero attached hydrogens (tertiary/aromatic N) is 6. The second-order valence-electron chi connectivity index (χ2n) is 10.0. The number of hydrogen-bond donors (Lipinski definition) is 2. The van der Waals surface area contributed by atoms with Crippen molar-refractivity contribution in [3.05, 3.63) is 94.4 Å². The van der Waals surface area contributed by atoms with Gasteiger partial charge in [0.15, 0.2) is 23.3 Å². The summed E-state index contributed by atoms with van der Waals surface area (Å²) < 4.78 is 0.757. The molecule has 198 valence electrons. The van der Waals surface area contributed by atoms with Gasteiger partial charge in [-0.15, -0.1) is 0 Å². The average Bonchev–Trinajstić information content (AvgIpc) is 3.74. The first-order valence-corrected chi connectivity index (χ1v) is 14.4. The van der Waals surface area contributed by atoms with E-state index in [4.69, 9.17) is 41.5 Å². The molecule has 5 heterocycles. The van der Waals surface area contributed by atoms with Crippen LogP contribution in [0.3, 0.4) is 0 Å². The van der Waals surface area contributed by atoms with Gasteiger partial charge >= 0.3 is 0 Å². The molecule has 0 aliphatic carbocycles. The van der Waals surface area contributed by atoms with Crippen LogP contribution in [-0.4, -0.2) is 39.9 Å². The Hall–Kier alpha value is -4.99. The smallest absolute Gasteiger partial charge is 0.164 e. The highest BCUT2D eigenvalue weighted by molar-refractivity contribution is 9.10. The lowest BCUT2D eigenvalue weighted by atomic mass is 10.1. The van der Waals surface area contributed by atoms with Crippen molar-refractivity contribution >= 4 is 71.7 Å². The van der Waals surface area contributed by atoms with Gasteiger partial charge in [-0.05, 0) is 28.1 Å². The van der Waals surface area contributed by atoms with Crippen molar-refractivity contribution in [2.24, 2.45) is 0 Å².